The molecule has 3 aliphatic rings. The van der Waals surface area contributed by atoms with E-state index in [1.54, 1.807) is 0 Å². The second-order valence-electron chi connectivity index (χ2n) is 12.1. The Morgan fingerprint density at radius 3 is 2.55 bits per heavy atom. The molecule has 0 bridgehead atoms. The van der Waals surface area contributed by atoms with Crippen molar-refractivity contribution < 1.29 is 9.13 Å². The van der Waals surface area contributed by atoms with Gasteiger partial charge in [-0.3, -0.25) is 0 Å². The van der Waals surface area contributed by atoms with E-state index < -0.39 is 0 Å². The molecule has 186 valence electrons. The monoisotopic (exact) mass is 495 g/mol. The highest BCUT2D eigenvalue weighted by Gasteiger charge is 2.49. The largest absolute Gasteiger partial charge is 0.378 e. The molecule has 38 heavy (non-hydrogen) atoms. The molecule has 0 N–H and O–H groups in total. The van der Waals surface area contributed by atoms with Gasteiger partial charge in [-0.25, -0.2) is 0 Å². The molecule has 2 unspecified atom stereocenters. The SMILES string of the molecule is CN(C)c1ccc2c(c1)-c1cccc[n+]1CC1C(C2)c2cccc3c2-c2c4c(cccc4cc[n+]21)C3(C)C. The zero-order valence-electron chi connectivity index (χ0n) is 22.6. The number of rotatable bonds is 1. The molecule has 4 heterocycles. The molecule has 1 aliphatic carbocycles. The molecule has 3 aromatic carbocycles. The number of aromatic nitrogens is 2. The summed E-state index contributed by atoms with van der Waals surface area (Å²) in [5.74, 6) is 0.394. The van der Waals surface area contributed by atoms with E-state index in [4.69, 9.17) is 0 Å². The smallest absolute Gasteiger partial charge is 0.224 e. The third-order valence-electron chi connectivity index (χ3n) is 9.56. The van der Waals surface area contributed by atoms with Gasteiger partial charge in [0.05, 0.1) is 22.4 Å². The molecule has 3 nitrogen and oxygen atoms in total. The highest BCUT2D eigenvalue weighted by molar-refractivity contribution is 6.01. The molecule has 2 aromatic heterocycles. The van der Waals surface area contributed by atoms with Gasteiger partial charge in [0.1, 0.15) is 0 Å². The van der Waals surface area contributed by atoms with Gasteiger partial charge in [0.25, 0.3) is 0 Å². The van der Waals surface area contributed by atoms with Crippen molar-refractivity contribution in [2.45, 2.75) is 44.2 Å². The Labute approximate surface area is 224 Å². The number of benzene rings is 3. The average molecular weight is 496 g/mol. The van der Waals surface area contributed by atoms with Gasteiger partial charge in [0, 0.05) is 43.4 Å². The first kappa shape index (κ1) is 22.0. The minimum Gasteiger partial charge on any atom is -0.378 e. The van der Waals surface area contributed by atoms with Crippen LogP contribution in [0.5, 0.6) is 0 Å². The maximum Gasteiger partial charge on any atom is 0.224 e. The molecule has 2 atom stereocenters. The minimum atomic E-state index is -0.0363. The van der Waals surface area contributed by atoms with Crippen molar-refractivity contribution in [1.82, 2.24) is 0 Å². The summed E-state index contributed by atoms with van der Waals surface area (Å²) < 4.78 is 5.13. The van der Waals surface area contributed by atoms with E-state index in [-0.39, 0.29) is 5.41 Å². The van der Waals surface area contributed by atoms with Crippen molar-refractivity contribution >= 4 is 16.5 Å². The van der Waals surface area contributed by atoms with Crippen molar-refractivity contribution in [3.05, 3.63) is 114 Å². The predicted molar refractivity (Wildman–Crippen MR) is 154 cm³/mol. The van der Waals surface area contributed by atoms with Gasteiger partial charge in [-0.2, -0.15) is 9.13 Å². The topological polar surface area (TPSA) is 11.0 Å². The van der Waals surface area contributed by atoms with Crippen LogP contribution in [0.25, 0.3) is 33.3 Å². The molecular formula is C35H33N3+2. The number of hydrogen-bond acceptors (Lipinski definition) is 1. The lowest BCUT2D eigenvalue weighted by atomic mass is 9.65. The van der Waals surface area contributed by atoms with Crippen LogP contribution in [0.1, 0.15) is 48.1 Å². The number of hydrogen-bond donors (Lipinski definition) is 0. The summed E-state index contributed by atoms with van der Waals surface area (Å²) in [7, 11) is 4.26. The van der Waals surface area contributed by atoms with Gasteiger partial charge in [-0.1, -0.05) is 56.3 Å². The van der Waals surface area contributed by atoms with Gasteiger partial charge in [0.2, 0.25) is 24.0 Å². The van der Waals surface area contributed by atoms with Gasteiger partial charge in [0.15, 0.2) is 12.4 Å². The summed E-state index contributed by atoms with van der Waals surface area (Å²) in [6.45, 7) is 5.77. The molecular weight excluding hydrogens is 462 g/mol. The van der Waals surface area contributed by atoms with Gasteiger partial charge < -0.3 is 4.90 Å². The Kier molecular flexibility index (Phi) is 4.37. The molecule has 0 fully saturated rings. The summed E-state index contributed by atoms with van der Waals surface area (Å²) in [5, 5.41) is 2.79. The van der Waals surface area contributed by atoms with Crippen LogP contribution in [0.3, 0.4) is 0 Å². The summed E-state index contributed by atoms with van der Waals surface area (Å²) in [6.07, 6.45) is 5.68. The number of anilines is 1. The summed E-state index contributed by atoms with van der Waals surface area (Å²) in [5.41, 5.74) is 12.6. The van der Waals surface area contributed by atoms with Gasteiger partial charge in [-0.05, 0) is 52.3 Å². The second-order valence-corrected chi connectivity index (χ2v) is 12.1. The summed E-state index contributed by atoms with van der Waals surface area (Å²) >= 11 is 0. The van der Waals surface area contributed by atoms with E-state index in [0.717, 1.165) is 13.0 Å². The van der Waals surface area contributed by atoms with Crippen LogP contribution in [-0.2, 0) is 18.4 Å². The third-order valence-corrected chi connectivity index (χ3v) is 9.56. The fraction of sp³-hybridized carbons (Fsp3) is 0.257. The lowest BCUT2D eigenvalue weighted by Gasteiger charge is -2.39. The normalized spacial score (nSPS) is 19.6. The Balaban J connectivity index is 1.45. The fourth-order valence-electron chi connectivity index (χ4n) is 7.64. The van der Waals surface area contributed by atoms with E-state index in [1.807, 2.05) is 0 Å². The lowest BCUT2D eigenvalue weighted by Crippen LogP contribution is -2.56. The van der Waals surface area contributed by atoms with Gasteiger partial charge in [-0.15, -0.1) is 0 Å². The molecule has 8 rings (SSSR count). The first-order chi connectivity index (χ1) is 18.4. The maximum absolute atomic E-state index is 2.64. The summed E-state index contributed by atoms with van der Waals surface area (Å²) in [6, 6.07) is 30.4. The second kappa shape index (κ2) is 7.54. The number of fused-ring (bicyclic) bond motifs is 6. The molecule has 0 spiro atoms. The molecule has 0 saturated heterocycles. The van der Waals surface area contributed by atoms with Crippen LogP contribution in [0.15, 0.2) is 91.3 Å². The van der Waals surface area contributed by atoms with Crippen LogP contribution < -0.4 is 14.0 Å². The molecule has 0 amide bonds. The molecule has 0 radical (unpaired) electrons. The minimum absolute atomic E-state index is 0.0363. The zero-order chi connectivity index (χ0) is 25.8. The van der Waals surface area contributed by atoms with Crippen molar-refractivity contribution in [3.8, 4) is 22.5 Å². The summed E-state index contributed by atoms with van der Waals surface area (Å²) in [4.78, 5) is 2.21. The predicted octanol–water partition coefficient (Wildman–Crippen LogP) is 6.35. The lowest BCUT2D eigenvalue weighted by molar-refractivity contribution is -0.792. The van der Waals surface area contributed by atoms with Crippen LogP contribution in [0.2, 0.25) is 0 Å². The van der Waals surface area contributed by atoms with Crippen molar-refractivity contribution in [3.63, 3.8) is 0 Å². The quantitative estimate of drug-likeness (QED) is 0.247. The third kappa shape index (κ3) is 2.79. The molecule has 5 aromatic rings. The Bertz CT molecular complexity index is 1800. The highest BCUT2D eigenvalue weighted by Crippen LogP contribution is 2.53. The van der Waals surface area contributed by atoms with E-state index in [9.17, 15) is 0 Å². The van der Waals surface area contributed by atoms with Crippen molar-refractivity contribution in [1.29, 1.82) is 0 Å². The van der Waals surface area contributed by atoms with E-state index in [2.05, 4.69) is 133 Å². The maximum atomic E-state index is 2.64. The Hall–Kier alpha value is -3.98. The van der Waals surface area contributed by atoms with E-state index in [0.29, 0.717) is 12.0 Å². The van der Waals surface area contributed by atoms with Crippen LogP contribution >= 0.6 is 0 Å². The van der Waals surface area contributed by atoms with Crippen molar-refractivity contribution in [2.24, 2.45) is 0 Å². The Morgan fingerprint density at radius 1 is 0.842 bits per heavy atom. The zero-order valence-corrected chi connectivity index (χ0v) is 22.6. The first-order valence-electron chi connectivity index (χ1n) is 13.8. The van der Waals surface area contributed by atoms with Crippen LogP contribution in [0.4, 0.5) is 5.69 Å². The van der Waals surface area contributed by atoms with E-state index >= 15 is 0 Å². The standard InChI is InChI=1S/C35H33N3/c1-35(2)28-11-7-9-22-16-18-38-31-21-37-17-6-5-13-30(37)26-20-24(36(3)4)15-14-23(26)19-27(31)25-10-8-12-29(35)33(25)34(38)32(22)28/h5-18,20,27,31H,19,21H2,1-4H3/q+2. The Morgan fingerprint density at radius 2 is 1.68 bits per heavy atom. The first-order valence-corrected chi connectivity index (χ1v) is 13.8. The van der Waals surface area contributed by atoms with Gasteiger partial charge >= 0.3 is 0 Å². The molecule has 2 aliphatic heterocycles. The fourth-order valence-corrected chi connectivity index (χ4v) is 7.64. The average Bonchev–Trinajstić information content (AvgIpc) is 2.92. The van der Waals surface area contributed by atoms with Crippen LogP contribution in [0, 0.1) is 0 Å². The number of nitrogens with zero attached hydrogens (tertiary/aromatic N) is 3. The highest BCUT2D eigenvalue weighted by atomic mass is 15.1. The van der Waals surface area contributed by atoms with E-state index in [1.165, 1.54) is 61.2 Å². The van der Waals surface area contributed by atoms with Crippen LogP contribution in [-0.4, -0.2) is 14.1 Å². The molecule has 3 heteroatoms. The van der Waals surface area contributed by atoms with Crippen molar-refractivity contribution in [2.75, 3.05) is 19.0 Å². The number of pyridine rings is 2. The molecule has 0 saturated carbocycles.